The Labute approximate surface area is 166 Å². The van der Waals surface area contributed by atoms with E-state index in [1.807, 2.05) is 0 Å². The van der Waals surface area contributed by atoms with Gasteiger partial charge in [0.1, 0.15) is 6.04 Å². The summed E-state index contributed by atoms with van der Waals surface area (Å²) in [5, 5.41) is 2.58. The average molecular weight is 399 g/mol. The Bertz CT molecular complexity index is 909. The zero-order chi connectivity index (χ0) is 20.8. The molecule has 1 aromatic heterocycles. The summed E-state index contributed by atoms with van der Waals surface area (Å²) >= 11 is 0. The van der Waals surface area contributed by atoms with Crippen LogP contribution in [0, 0.1) is 0 Å². The van der Waals surface area contributed by atoms with E-state index in [0.29, 0.717) is 13.0 Å². The third-order valence-electron chi connectivity index (χ3n) is 4.62. The van der Waals surface area contributed by atoms with Gasteiger partial charge in [-0.25, -0.2) is 4.79 Å². The first-order chi connectivity index (χ1) is 14.0. The summed E-state index contributed by atoms with van der Waals surface area (Å²) in [7, 11) is 0. The number of benzene rings is 1. The minimum absolute atomic E-state index is 0.0882. The fourth-order valence-corrected chi connectivity index (χ4v) is 3.18. The van der Waals surface area contributed by atoms with Gasteiger partial charge >= 0.3 is 5.97 Å². The molecular weight excluding hydrogens is 378 g/mol. The van der Waals surface area contributed by atoms with Gasteiger partial charge in [-0.1, -0.05) is 12.1 Å². The molecule has 1 aromatic carbocycles. The molecular formula is C20H21N3O6. The Morgan fingerprint density at radius 2 is 1.93 bits per heavy atom. The fourth-order valence-electron chi connectivity index (χ4n) is 3.18. The van der Waals surface area contributed by atoms with Crippen LogP contribution in [0.5, 0.6) is 0 Å². The zero-order valence-electron chi connectivity index (χ0n) is 15.6. The Morgan fingerprint density at radius 3 is 2.66 bits per heavy atom. The number of anilines is 1. The Hall–Kier alpha value is -3.62. The topological polar surface area (TPSA) is 132 Å². The van der Waals surface area contributed by atoms with Crippen molar-refractivity contribution in [1.29, 1.82) is 0 Å². The Balaban J connectivity index is 1.64. The second kappa shape index (κ2) is 9.05. The van der Waals surface area contributed by atoms with E-state index in [2.05, 4.69) is 5.32 Å². The van der Waals surface area contributed by atoms with Crippen molar-refractivity contribution in [3.8, 4) is 0 Å². The number of hydrogen-bond acceptors (Lipinski definition) is 6. The molecule has 1 fully saturated rings. The molecule has 152 valence electrons. The molecule has 1 aliphatic heterocycles. The summed E-state index contributed by atoms with van der Waals surface area (Å²) < 4.78 is 10.2. The number of nitrogens with zero attached hydrogens (tertiary/aromatic N) is 1. The van der Waals surface area contributed by atoms with Crippen LogP contribution in [-0.2, 0) is 14.3 Å². The number of amides is 3. The van der Waals surface area contributed by atoms with Crippen molar-refractivity contribution in [2.45, 2.75) is 25.3 Å². The van der Waals surface area contributed by atoms with Crippen LogP contribution in [0.25, 0.3) is 0 Å². The molecule has 0 unspecified atom stereocenters. The summed E-state index contributed by atoms with van der Waals surface area (Å²) in [5.41, 5.74) is 5.67. The molecule has 0 saturated carbocycles. The predicted octanol–water partition coefficient (Wildman–Crippen LogP) is 1.56. The molecule has 1 saturated heterocycles. The number of ether oxygens (including phenoxy) is 1. The second-order valence-electron chi connectivity index (χ2n) is 6.55. The predicted molar refractivity (Wildman–Crippen MR) is 102 cm³/mol. The monoisotopic (exact) mass is 399 g/mol. The van der Waals surface area contributed by atoms with Gasteiger partial charge in [0.2, 0.25) is 5.91 Å². The van der Waals surface area contributed by atoms with Crippen LogP contribution in [0.2, 0.25) is 0 Å². The molecule has 29 heavy (non-hydrogen) atoms. The largest absolute Gasteiger partial charge is 0.459 e. The molecule has 0 bridgehead atoms. The highest BCUT2D eigenvalue weighted by molar-refractivity contribution is 6.06. The minimum Gasteiger partial charge on any atom is -0.459 e. The SMILES string of the molecule is NC(=O)[C@H]1CCCCN1C(=O)COC(=O)c1ccccc1NC(=O)c1ccco1. The third-order valence-corrected chi connectivity index (χ3v) is 4.62. The van der Waals surface area contributed by atoms with Gasteiger partial charge < -0.3 is 25.1 Å². The number of carbonyl (C=O) groups excluding carboxylic acids is 4. The Morgan fingerprint density at radius 1 is 1.14 bits per heavy atom. The van der Waals surface area contributed by atoms with Gasteiger partial charge in [-0.05, 0) is 43.5 Å². The maximum atomic E-state index is 12.5. The van der Waals surface area contributed by atoms with Gasteiger partial charge in [0.25, 0.3) is 11.8 Å². The van der Waals surface area contributed by atoms with Gasteiger partial charge in [-0.2, -0.15) is 0 Å². The molecule has 0 spiro atoms. The molecule has 9 nitrogen and oxygen atoms in total. The summed E-state index contributed by atoms with van der Waals surface area (Å²) in [5.74, 6) is -2.27. The second-order valence-corrected chi connectivity index (χ2v) is 6.55. The van der Waals surface area contributed by atoms with E-state index >= 15 is 0 Å². The minimum atomic E-state index is -0.777. The molecule has 1 atom stereocenters. The number of furan rings is 1. The summed E-state index contributed by atoms with van der Waals surface area (Å²) in [6.07, 6.45) is 3.42. The van der Waals surface area contributed by atoms with E-state index in [1.165, 1.54) is 29.4 Å². The quantitative estimate of drug-likeness (QED) is 0.709. The van der Waals surface area contributed by atoms with Crippen LogP contribution in [0.4, 0.5) is 5.69 Å². The van der Waals surface area contributed by atoms with Gasteiger partial charge in [0.15, 0.2) is 12.4 Å². The first-order valence-corrected chi connectivity index (χ1v) is 9.17. The van der Waals surface area contributed by atoms with E-state index in [1.54, 1.807) is 18.2 Å². The van der Waals surface area contributed by atoms with E-state index < -0.39 is 36.3 Å². The third kappa shape index (κ3) is 4.81. The molecule has 1 aliphatic rings. The number of nitrogens with one attached hydrogen (secondary N) is 1. The van der Waals surface area contributed by atoms with Crippen LogP contribution in [0.3, 0.4) is 0 Å². The number of nitrogens with two attached hydrogens (primary N) is 1. The van der Waals surface area contributed by atoms with E-state index in [9.17, 15) is 19.2 Å². The summed E-state index contributed by atoms with van der Waals surface area (Å²) in [6.45, 7) is -0.136. The van der Waals surface area contributed by atoms with Crippen LogP contribution in [-0.4, -0.2) is 47.8 Å². The van der Waals surface area contributed by atoms with Crippen molar-refractivity contribution >= 4 is 29.4 Å². The zero-order valence-corrected chi connectivity index (χ0v) is 15.6. The smallest absolute Gasteiger partial charge is 0.340 e. The van der Waals surface area contributed by atoms with Gasteiger partial charge in [-0.3, -0.25) is 14.4 Å². The standard InChI is InChI=1S/C20H21N3O6/c21-18(25)15-8-3-4-10-23(15)17(24)12-29-20(27)13-6-1-2-7-14(13)22-19(26)16-9-5-11-28-16/h1-2,5-7,9,11,15H,3-4,8,10,12H2,(H2,21,25)(H,22,26)/t15-/m1/s1. The van der Waals surface area contributed by atoms with E-state index in [-0.39, 0.29) is 17.0 Å². The van der Waals surface area contributed by atoms with Gasteiger partial charge in [0, 0.05) is 6.54 Å². The number of esters is 1. The maximum Gasteiger partial charge on any atom is 0.340 e. The van der Waals surface area contributed by atoms with Crippen LogP contribution < -0.4 is 11.1 Å². The van der Waals surface area contributed by atoms with Crippen molar-refractivity contribution in [1.82, 2.24) is 4.90 Å². The van der Waals surface area contributed by atoms with E-state index in [4.69, 9.17) is 14.9 Å². The highest BCUT2D eigenvalue weighted by atomic mass is 16.5. The van der Waals surface area contributed by atoms with Gasteiger partial charge in [-0.15, -0.1) is 0 Å². The first-order valence-electron chi connectivity index (χ1n) is 9.17. The summed E-state index contributed by atoms with van der Waals surface area (Å²) in [4.78, 5) is 50.0. The average Bonchev–Trinajstić information content (AvgIpc) is 3.27. The molecule has 2 aromatic rings. The number of para-hydroxylation sites is 1. The normalized spacial score (nSPS) is 16.1. The van der Waals surface area contributed by atoms with Crippen molar-refractivity contribution < 1.29 is 28.3 Å². The molecule has 3 N–H and O–H groups in total. The maximum absolute atomic E-state index is 12.5. The van der Waals surface area contributed by atoms with Crippen molar-refractivity contribution in [3.05, 3.63) is 54.0 Å². The van der Waals surface area contributed by atoms with Crippen LogP contribution in [0.15, 0.2) is 47.1 Å². The molecule has 9 heteroatoms. The lowest BCUT2D eigenvalue weighted by Gasteiger charge is -2.33. The number of carbonyl (C=O) groups is 4. The fraction of sp³-hybridized carbons (Fsp3) is 0.300. The number of piperidine rings is 1. The molecule has 3 amide bonds. The highest BCUT2D eigenvalue weighted by Gasteiger charge is 2.31. The summed E-state index contributed by atoms with van der Waals surface area (Å²) in [6, 6.07) is 8.63. The molecule has 3 rings (SSSR count). The number of rotatable bonds is 6. The molecule has 0 radical (unpaired) electrons. The number of primary amides is 1. The van der Waals surface area contributed by atoms with Crippen molar-refractivity contribution in [2.24, 2.45) is 5.73 Å². The highest BCUT2D eigenvalue weighted by Crippen LogP contribution is 2.19. The van der Waals surface area contributed by atoms with Crippen LogP contribution >= 0.6 is 0 Å². The molecule has 0 aliphatic carbocycles. The lowest BCUT2D eigenvalue weighted by Crippen LogP contribution is -2.51. The van der Waals surface area contributed by atoms with Crippen LogP contribution in [0.1, 0.15) is 40.2 Å². The number of likely N-dealkylation sites (tertiary alicyclic amines) is 1. The van der Waals surface area contributed by atoms with Crippen molar-refractivity contribution in [2.75, 3.05) is 18.5 Å². The lowest BCUT2D eigenvalue weighted by molar-refractivity contribution is -0.143. The number of hydrogen-bond donors (Lipinski definition) is 2. The molecule has 2 heterocycles. The lowest BCUT2D eigenvalue weighted by atomic mass is 10.0. The van der Waals surface area contributed by atoms with Gasteiger partial charge in [0.05, 0.1) is 17.5 Å². The van der Waals surface area contributed by atoms with E-state index in [0.717, 1.165) is 12.8 Å². The Kier molecular flexibility index (Phi) is 6.28. The van der Waals surface area contributed by atoms with Crippen molar-refractivity contribution in [3.63, 3.8) is 0 Å². The first kappa shape index (κ1) is 20.1.